The maximum atomic E-state index is 13.5. The van der Waals surface area contributed by atoms with Crippen molar-refractivity contribution in [3.8, 4) is 11.5 Å². The van der Waals surface area contributed by atoms with Crippen LogP contribution in [0.2, 0.25) is 0 Å². The van der Waals surface area contributed by atoms with Gasteiger partial charge in [-0.15, -0.1) is 0 Å². The van der Waals surface area contributed by atoms with Crippen molar-refractivity contribution in [2.75, 3.05) is 37.4 Å². The monoisotopic (exact) mass is 800 g/mol. The zero-order chi connectivity index (χ0) is 42.3. The molecule has 19 nitrogen and oxygen atoms in total. The molecule has 19 heteroatoms. The smallest absolute Gasteiger partial charge is 0.410 e. The molecule has 1 saturated heterocycles. The average molecular weight is 801 g/mol. The van der Waals surface area contributed by atoms with E-state index in [1.165, 1.54) is 25.3 Å². The summed E-state index contributed by atoms with van der Waals surface area (Å²) in [6, 6.07) is 6.80. The Bertz CT molecular complexity index is 2290. The van der Waals surface area contributed by atoms with Crippen molar-refractivity contribution in [3.05, 3.63) is 87.3 Å². The molecule has 58 heavy (non-hydrogen) atoms. The molecule has 308 valence electrons. The number of nitrogens with two attached hydrogens (primary N) is 2. The number of aromatic nitrogens is 4. The number of carbonyl (C=O) groups excluding carboxylic acids is 4. The number of allylic oxidation sites excluding steroid dienone is 1. The molecule has 1 aliphatic heterocycles. The summed E-state index contributed by atoms with van der Waals surface area (Å²) in [5.41, 5.74) is 11.8. The third kappa shape index (κ3) is 9.90. The van der Waals surface area contributed by atoms with Gasteiger partial charge in [0.2, 0.25) is 17.8 Å². The average Bonchev–Trinajstić information content (AvgIpc) is 3.88. The summed E-state index contributed by atoms with van der Waals surface area (Å²) in [4.78, 5) is 68.2. The minimum Gasteiger partial charge on any atom is -0.494 e. The molecule has 4 aromatic rings. The van der Waals surface area contributed by atoms with Crippen molar-refractivity contribution in [2.45, 2.75) is 72.2 Å². The second kappa shape index (κ2) is 17.9. The number of anilines is 2. The summed E-state index contributed by atoms with van der Waals surface area (Å²) in [6.07, 6.45) is 8.05. The number of methoxy groups -OCH3 is 1. The van der Waals surface area contributed by atoms with E-state index in [0.29, 0.717) is 35.5 Å². The van der Waals surface area contributed by atoms with E-state index in [1.54, 1.807) is 66.1 Å². The lowest BCUT2D eigenvalue weighted by molar-refractivity contribution is -0.384. The molecular weight excluding hydrogens is 752 g/mol. The summed E-state index contributed by atoms with van der Waals surface area (Å²) in [5.74, 6) is -1.59. The van der Waals surface area contributed by atoms with Gasteiger partial charge >= 0.3 is 6.09 Å². The Hall–Kier alpha value is -6.92. The number of benzene rings is 2. The molecule has 0 saturated carbocycles. The lowest BCUT2D eigenvalue weighted by Gasteiger charge is -2.27. The fourth-order valence-corrected chi connectivity index (χ4v) is 6.43. The fraction of sp³-hybridized carbons (Fsp3) is 0.385. The normalized spacial score (nSPS) is 14.3. The van der Waals surface area contributed by atoms with E-state index in [-0.39, 0.29) is 60.0 Å². The number of nitrogens with zero attached hydrogens (tertiary/aromatic N) is 6. The summed E-state index contributed by atoms with van der Waals surface area (Å²) in [5, 5.41) is 22.4. The van der Waals surface area contributed by atoms with E-state index in [1.807, 2.05) is 13.0 Å². The number of hydrogen-bond donors (Lipinski definition) is 4. The van der Waals surface area contributed by atoms with Gasteiger partial charge in [0.1, 0.15) is 29.2 Å². The molecule has 0 unspecified atom stereocenters. The van der Waals surface area contributed by atoms with Gasteiger partial charge in [-0.2, -0.15) is 5.10 Å². The van der Waals surface area contributed by atoms with E-state index in [4.69, 9.17) is 25.7 Å². The zero-order valence-electron chi connectivity index (χ0n) is 33.2. The first-order valence-corrected chi connectivity index (χ1v) is 18.5. The number of primary amides is 2. The van der Waals surface area contributed by atoms with Crippen LogP contribution in [-0.4, -0.2) is 91.4 Å². The highest BCUT2D eigenvalue weighted by molar-refractivity contribution is 6.04. The lowest BCUT2D eigenvalue weighted by Crippen LogP contribution is -2.39. The number of fused-ring (bicyclic) bond motifs is 1. The molecule has 3 heterocycles. The molecule has 1 aliphatic rings. The SMILES string of the molecule is CCn1nc(C)cc1C(=O)Nc1nc2cc(C(N)=O)cc(OC)c2n1C/C=C/CNc1c(OC/C=C/[C@@H]2CCCN2C(=O)OC(C)(C)C)cc(C(N)=O)cc1[N+](=O)[O-]. The van der Waals surface area contributed by atoms with Gasteiger partial charge in [0.25, 0.3) is 11.6 Å². The topological polar surface area (TPSA) is 254 Å². The first-order chi connectivity index (χ1) is 27.5. The van der Waals surface area contributed by atoms with Crippen LogP contribution < -0.4 is 31.6 Å². The molecule has 1 fully saturated rings. The number of likely N-dealkylation sites (tertiary alicyclic amines) is 1. The van der Waals surface area contributed by atoms with Crippen LogP contribution in [0.15, 0.2) is 54.6 Å². The number of amides is 4. The Morgan fingerprint density at radius 1 is 1.03 bits per heavy atom. The predicted octanol–water partition coefficient (Wildman–Crippen LogP) is 4.93. The maximum Gasteiger partial charge on any atom is 0.410 e. The second-order valence-electron chi connectivity index (χ2n) is 14.4. The van der Waals surface area contributed by atoms with Crippen LogP contribution in [0.1, 0.15) is 77.4 Å². The third-order valence-electron chi connectivity index (χ3n) is 9.01. The lowest BCUT2D eigenvalue weighted by atomic mass is 10.1. The largest absolute Gasteiger partial charge is 0.494 e. The fourth-order valence-electron chi connectivity index (χ4n) is 6.43. The molecular formula is C39H48N10O9. The molecule has 0 spiro atoms. The van der Waals surface area contributed by atoms with E-state index in [9.17, 15) is 29.3 Å². The molecule has 1 atom stereocenters. The van der Waals surface area contributed by atoms with E-state index < -0.39 is 40.0 Å². The molecule has 2 aromatic carbocycles. The number of nitro benzene ring substituents is 1. The van der Waals surface area contributed by atoms with Gasteiger partial charge in [-0.3, -0.25) is 34.5 Å². The number of nitro groups is 1. The van der Waals surface area contributed by atoms with Crippen LogP contribution in [0.4, 0.5) is 22.1 Å². The van der Waals surface area contributed by atoms with Crippen LogP contribution in [0.3, 0.4) is 0 Å². The van der Waals surface area contributed by atoms with Gasteiger partial charge in [0, 0.05) is 43.4 Å². The molecule has 6 N–H and O–H groups in total. The van der Waals surface area contributed by atoms with Crippen molar-refractivity contribution < 1.29 is 38.3 Å². The van der Waals surface area contributed by atoms with Gasteiger partial charge in [0.15, 0.2) is 11.4 Å². The minimum atomic E-state index is -0.878. The van der Waals surface area contributed by atoms with Crippen LogP contribution in [-0.2, 0) is 17.8 Å². The van der Waals surface area contributed by atoms with E-state index >= 15 is 0 Å². The van der Waals surface area contributed by atoms with Crippen LogP contribution in [0, 0.1) is 17.0 Å². The number of imidazole rings is 1. The summed E-state index contributed by atoms with van der Waals surface area (Å²) in [6.45, 7) is 10.2. The van der Waals surface area contributed by atoms with Crippen LogP contribution in [0.25, 0.3) is 11.0 Å². The van der Waals surface area contributed by atoms with Crippen molar-refractivity contribution >= 4 is 52.2 Å². The van der Waals surface area contributed by atoms with Gasteiger partial charge in [0.05, 0.1) is 29.3 Å². The minimum absolute atomic E-state index is 0.00816. The highest BCUT2D eigenvalue weighted by atomic mass is 16.6. The number of nitrogens with one attached hydrogen (secondary N) is 2. The second-order valence-corrected chi connectivity index (χ2v) is 14.4. The Morgan fingerprint density at radius 3 is 2.40 bits per heavy atom. The number of aryl methyl sites for hydroxylation is 2. The van der Waals surface area contributed by atoms with Gasteiger partial charge in [-0.25, -0.2) is 9.78 Å². The summed E-state index contributed by atoms with van der Waals surface area (Å²) >= 11 is 0. The maximum absolute atomic E-state index is 13.5. The van der Waals surface area contributed by atoms with Crippen LogP contribution >= 0.6 is 0 Å². The number of carbonyl (C=O) groups is 4. The summed E-state index contributed by atoms with van der Waals surface area (Å²) < 4.78 is 20.3. The first-order valence-electron chi connectivity index (χ1n) is 18.5. The van der Waals surface area contributed by atoms with Crippen molar-refractivity contribution in [3.63, 3.8) is 0 Å². The van der Waals surface area contributed by atoms with Crippen molar-refractivity contribution in [1.82, 2.24) is 24.2 Å². The van der Waals surface area contributed by atoms with Crippen molar-refractivity contribution in [2.24, 2.45) is 11.5 Å². The third-order valence-corrected chi connectivity index (χ3v) is 9.01. The molecule has 0 bridgehead atoms. The van der Waals surface area contributed by atoms with Gasteiger partial charge in [-0.05, 0) is 77.8 Å². The van der Waals surface area contributed by atoms with Crippen molar-refractivity contribution in [1.29, 1.82) is 0 Å². The zero-order valence-corrected chi connectivity index (χ0v) is 33.2. The molecule has 5 rings (SSSR count). The first kappa shape index (κ1) is 42.2. The highest BCUT2D eigenvalue weighted by Crippen LogP contribution is 2.36. The molecule has 2 aromatic heterocycles. The Kier molecular flexibility index (Phi) is 13.0. The Labute approximate surface area is 334 Å². The number of hydrogen-bond acceptors (Lipinski definition) is 12. The number of rotatable bonds is 16. The molecule has 0 aliphatic carbocycles. The van der Waals surface area contributed by atoms with Gasteiger partial charge in [-0.1, -0.05) is 18.2 Å². The van der Waals surface area contributed by atoms with E-state index in [2.05, 4.69) is 20.7 Å². The standard InChI is InChI=1S/C39H48N10O9/c1-7-48-29(18-23(2)45-48)36(52)44-37-43-27-19-24(34(40)50)22-31(56-6)33(27)47(37)15-9-8-14-42-32-28(49(54)55)20-25(35(41)51)21-30(32)57-17-11-13-26-12-10-16-46(26)38(53)58-39(3,4)5/h8-9,11,13,18-22,26,42H,7,10,12,14-17H2,1-6H3,(H2,40,50)(H2,41,51)(H,43,44,52)/b9-8+,13-11+/t26-/m0/s1. The van der Waals surface area contributed by atoms with Crippen LogP contribution in [0.5, 0.6) is 11.5 Å². The van der Waals surface area contributed by atoms with E-state index in [0.717, 1.165) is 18.9 Å². The highest BCUT2D eigenvalue weighted by Gasteiger charge is 2.31. The Balaban J connectivity index is 1.37. The number of ether oxygens (including phenoxy) is 3. The quantitative estimate of drug-likeness (QED) is 0.0669. The Morgan fingerprint density at radius 2 is 1.74 bits per heavy atom. The molecule has 4 amide bonds. The summed E-state index contributed by atoms with van der Waals surface area (Å²) in [7, 11) is 1.43. The molecule has 0 radical (unpaired) electrons. The van der Waals surface area contributed by atoms with Gasteiger partial charge < -0.3 is 40.5 Å². The predicted molar refractivity (Wildman–Crippen MR) is 215 cm³/mol.